The van der Waals surface area contributed by atoms with Gasteiger partial charge in [0.15, 0.2) is 0 Å². The van der Waals surface area contributed by atoms with Crippen molar-refractivity contribution in [1.29, 1.82) is 0 Å². The lowest BCUT2D eigenvalue weighted by Crippen LogP contribution is -2.18. The molecule has 102 valence electrons. The molecule has 5 nitrogen and oxygen atoms in total. The number of carbonyl (C=O) groups excluding carboxylic acids is 1. The van der Waals surface area contributed by atoms with E-state index in [1.54, 1.807) is 36.7 Å². The number of hydrogen-bond acceptors (Lipinski definition) is 4. The molecule has 0 saturated heterocycles. The molecule has 0 fully saturated rings. The second kappa shape index (κ2) is 6.81. The molecule has 2 aromatic rings. The van der Waals surface area contributed by atoms with Crippen molar-refractivity contribution >= 4 is 28.1 Å². The van der Waals surface area contributed by atoms with Gasteiger partial charge in [0.05, 0.1) is 18.9 Å². The van der Waals surface area contributed by atoms with Crippen LogP contribution >= 0.6 is 15.9 Å². The Labute approximate surface area is 124 Å². The van der Waals surface area contributed by atoms with E-state index < -0.39 is 0 Å². The van der Waals surface area contributed by atoms with E-state index in [1.807, 2.05) is 6.07 Å². The molecule has 0 saturated carbocycles. The van der Waals surface area contributed by atoms with Gasteiger partial charge < -0.3 is 4.74 Å². The lowest BCUT2D eigenvalue weighted by molar-refractivity contribution is 0.0952. The first kappa shape index (κ1) is 14.2. The van der Waals surface area contributed by atoms with Crippen LogP contribution in [0.5, 0.6) is 5.75 Å². The summed E-state index contributed by atoms with van der Waals surface area (Å²) in [4.78, 5) is 16.0. The Bertz CT molecular complexity index is 630. The molecule has 0 atom stereocenters. The number of carbonyl (C=O) groups is 1. The van der Waals surface area contributed by atoms with Crippen LogP contribution in [0.1, 0.15) is 15.9 Å². The minimum Gasteiger partial charge on any atom is -0.496 e. The predicted octanol–water partition coefficient (Wildman–Crippen LogP) is 2.62. The zero-order valence-corrected chi connectivity index (χ0v) is 12.3. The number of halogens is 1. The van der Waals surface area contributed by atoms with E-state index in [-0.39, 0.29) is 5.91 Å². The Hall–Kier alpha value is -2.21. The molecular weight excluding hydrogens is 322 g/mol. The van der Waals surface area contributed by atoms with Gasteiger partial charge in [-0.2, -0.15) is 5.10 Å². The Balaban J connectivity index is 2.09. The van der Waals surface area contributed by atoms with Crippen LogP contribution in [0, 0.1) is 0 Å². The first-order valence-corrected chi connectivity index (χ1v) is 6.57. The Morgan fingerprint density at radius 1 is 1.45 bits per heavy atom. The van der Waals surface area contributed by atoms with Gasteiger partial charge in [-0.25, -0.2) is 5.43 Å². The van der Waals surface area contributed by atoms with Crippen molar-refractivity contribution in [3.05, 3.63) is 58.3 Å². The van der Waals surface area contributed by atoms with Crippen LogP contribution < -0.4 is 10.2 Å². The number of benzene rings is 1. The van der Waals surface area contributed by atoms with Crippen molar-refractivity contribution in [3.8, 4) is 5.75 Å². The van der Waals surface area contributed by atoms with E-state index in [2.05, 4.69) is 31.4 Å². The largest absolute Gasteiger partial charge is 0.496 e. The Morgan fingerprint density at radius 3 is 3.00 bits per heavy atom. The molecule has 0 radical (unpaired) electrons. The van der Waals surface area contributed by atoms with Crippen molar-refractivity contribution in [2.24, 2.45) is 5.10 Å². The molecule has 20 heavy (non-hydrogen) atoms. The van der Waals surface area contributed by atoms with Gasteiger partial charge in [-0.05, 0) is 24.3 Å². The molecular formula is C14H12BrN3O2. The molecule has 0 unspecified atom stereocenters. The molecule has 0 aliphatic carbocycles. The SMILES string of the molecule is COc1ccc(Br)cc1C(=O)N/N=C\c1cccnc1. The van der Waals surface area contributed by atoms with Crippen LogP contribution in [0.4, 0.5) is 0 Å². The zero-order valence-electron chi connectivity index (χ0n) is 10.7. The number of rotatable bonds is 4. The summed E-state index contributed by atoms with van der Waals surface area (Å²) in [5, 5.41) is 3.89. The maximum Gasteiger partial charge on any atom is 0.275 e. The van der Waals surface area contributed by atoms with Crippen LogP contribution in [0.25, 0.3) is 0 Å². The standard InChI is InChI=1S/C14H12BrN3O2/c1-20-13-5-4-11(15)7-12(13)14(19)18-17-9-10-3-2-6-16-8-10/h2-9H,1H3,(H,18,19)/b17-9-. The molecule has 1 N–H and O–H groups in total. The number of aromatic nitrogens is 1. The fourth-order valence-electron chi connectivity index (χ4n) is 1.54. The highest BCUT2D eigenvalue weighted by Crippen LogP contribution is 2.22. The van der Waals surface area contributed by atoms with E-state index in [0.717, 1.165) is 10.0 Å². The Morgan fingerprint density at radius 2 is 2.30 bits per heavy atom. The summed E-state index contributed by atoms with van der Waals surface area (Å²) in [6.45, 7) is 0. The van der Waals surface area contributed by atoms with Crippen LogP contribution in [-0.4, -0.2) is 24.2 Å². The summed E-state index contributed by atoms with van der Waals surface area (Å²) >= 11 is 3.32. The summed E-state index contributed by atoms with van der Waals surface area (Å²) in [7, 11) is 1.51. The molecule has 1 aromatic carbocycles. The van der Waals surface area contributed by atoms with E-state index in [1.165, 1.54) is 13.3 Å². The highest BCUT2D eigenvalue weighted by Gasteiger charge is 2.11. The maximum absolute atomic E-state index is 12.0. The number of pyridine rings is 1. The van der Waals surface area contributed by atoms with E-state index in [0.29, 0.717) is 11.3 Å². The third-order valence-electron chi connectivity index (χ3n) is 2.47. The summed E-state index contributed by atoms with van der Waals surface area (Å²) in [6, 6.07) is 8.81. The van der Waals surface area contributed by atoms with Crippen LogP contribution in [0.3, 0.4) is 0 Å². The second-order valence-corrected chi connectivity index (χ2v) is 4.75. The third-order valence-corrected chi connectivity index (χ3v) is 2.96. The predicted molar refractivity (Wildman–Crippen MR) is 80.0 cm³/mol. The fraction of sp³-hybridized carbons (Fsp3) is 0.0714. The molecule has 1 heterocycles. The van der Waals surface area contributed by atoms with Crippen molar-refractivity contribution in [2.45, 2.75) is 0 Å². The zero-order chi connectivity index (χ0) is 14.4. The number of amides is 1. The number of hydrogen-bond donors (Lipinski definition) is 1. The number of nitrogens with one attached hydrogen (secondary N) is 1. The van der Waals surface area contributed by atoms with Gasteiger partial charge in [0.25, 0.3) is 5.91 Å². The molecule has 0 aliphatic heterocycles. The minimum absolute atomic E-state index is 0.344. The monoisotopic (exact) mass is 333 g/mol. The normalized spacial score (nSPS) is 10.5. The summed E-state index contributed by atoms with van der Waals surface area (Å²) in [5.74, 6) is 0.144. The molecule has 0 bridgehead atoms. The summed E-state index contributed by atoms with van der Waals surface area (Å²) < 4.78 is 5.93. The number of ether oxygens (including phenoxy) is 1. The summed E-state index contributed by atoms with van der Waals surface area (Å²) in [5.41, 5.74) is 3.66. The second-order valence-electron chi connectivity index (χ2n) is 3.83. The highest BCUT2D eigenvalue weighted by atomic mass is 79.9. The molecule has 6 heteroatoms. The molecule has 1 aromatic heterocycles. The van der Waals surface area contributed by atoms with Crippen molar-refractivity contribution in [3.63, 3.8) is 0 Å². The third kappa shape index (κ3) is 3.64. The van der Waals surface area contributed by atoms with Gasteiger partial charge in [-0.3, -0.25) is 9.78 Å². The first-order valence-electron chi connectivity index (χ1n) is 5.77. The van der Waals surface area contributed by atoms with Crippen molar-refractivity contribution in [2.75, 3.05) is 7.11 Å². The van der Waals surface area contributed by atoms with Crippen molar-refractivity contribution < 1.29 is 9.53 Å². The molecule has 0 aliphatic rings. The van der Waals surface area contributed by atoms with Gasteiger partial charge >= 0.3 is 0 Å². The molecule has 1 amide bonds. The molecule has 2 rings (SSSR count). The average molecular weight is 334 g/mol. The summed E-state index contributed by atoms with van der Waals surface area (Å²) in [6.07, 6.45) is 4.84. The number of methoxy groups -OCH3 is 1. The lowest BCUT2D eigenvalue weighted by Gasteiger charge is -2.07. The van der Waals surface area contributed by atoms with Gasteiger partial charge in [0, 0.05) is 22.4 Å². The lowest BCUT2D eigenvalue weighted by atomic mass is 10.2. The quantitative estimate of drug-likeness (QED) is 0.691. The van der Waals surface area contributed by atoms with Crippen molar-refractivity contribution in [1.82, 2.24) is 10.4 Å². The van der Waals surface area contributed by atoms with Gasteiger partial charge in [-0.15, -0.1) is 0 Å². The fourth-order valence-corrected chi connectivity index (χ4v) is 1.90. The maximum atomic E-state index is 12.0. The highest BCUT2D eigenvalue weighted by molar-refractivity contribution is 9.10. The Kier molecular flexibility index (Phi) is 4.84. The van der Waals surface area contributed by atoms with Gasteiger partial charge in [0.2, 0.25) is 0 Å². The number of hydrazone groups is 1. The smallest absolute Gasteiger partial charge is 0.275 e. The van der Waals surface area contributed by atoms with Crippen LogP contribution in [-0.2, 0) is 0 Å². The van der Waals surface area contributed by atoms with Crippen LogP contribution in [0.15, 0.2) is 52.3 Å². The van der Waals surface area contributed by atoms with E-state index >= 15 is 0 Å². The molecule has 0 spiro atoms. The van der Waals surface area contributed by atoms with Gasteiger partial charge in [0.1, 0.15) is 5.75 Å². The first-order chi connectivity index (χ1) is 9.70. The average Bonchev–Trinajstić information content (AvgIpc) is 2.48. The van der Waals surface area contributed by atoms with E-state index in [4.69, 9.17) is 4.74 Å². The van der Waals surface area contributed by atoms with Gasteiger partial charge in [-0.1, -0.05) is 22.0 Å². The van der Waals surface area contributed by atoms with E-state index in [9.17, 15) is 4.79 Å². The van der Waals surface area contributed by atoms with Crippen LogP contribution in [0.2, 0.25) is 0 Å². The number of nitrogens with zero attached hydrogens (tertiary/aromatic N) is 2. The minimum atomic E-state index is -0.344. The topological polar surface area (TPSA) is 63.6 Å².